The molecule has 0 aromatic heterocycles. The van der Waals surface area contributed by atoms with Crippen molar-refractivity contribution in [1.29, 1.82) is 0 Å². The summed E-state index contributed by atoms with van der Waals surface area (Å²) in [5.41, 5.74) is 0. The lowest BCUT2D eigenvalue weighted by Crippen LogP contribution is -2.06. The second-order valence-electron chi connectivity index (χ2n) is 3.60. The van der Waals surface area contributed by atoms with Crippen LogP contribution in [0, 0.1) is 11.8 Å². The Hall–Kier alpha value is -0.520. The lowest BCUT2D eigenvalue weighted by Gasteiger charge is -2.03. The van der Waals surface area contributed by atoms with Crippen LogP contribution in [-0.4, -0.2) is 22.4 Å². The molecule has 0 bridgehead atoms. The standard InChI is InChI=1S/C12H22O2/c1-3-5-6-8-12(14)10-9-11(13)7-4-2/h11-14H,3-8H2,1-2H3. The summed E-state index contributed by atoms with van der Waals surface area (Å²) in [6.45, 7) is 4.13. The van der Waals surface area contributed by atoms with E-state index in [0.717, 1.165) is 32.1 Å². The Bertz CT molecular complexity index is 178. The van der Waals surface area contributed by atoms with Crippen molar-refractivity contribution in [2.75, 3.05) is 0 Å². The van der Waals surface area contributed by atoms with Crippen LogP contribution in [-0.2, 0) is 0 Å². The summed E-state index contributed by atoms with van der Waals surface area (Å²) >= 11 is 0. The van der Waals surface area contributed by atoms with E-state index in [1.807, 2.05) is 6.92 Å². The van der Waals surface area contributed by atoms with Crippen LogP contribution in [0.4, 0.5) is 0 Å². The van der Waals surface area contributed by atoms with Crippen molar-refractivity contribution >= 4 is 0 Å². The van der Waals surface area contributed by atoms with Gasteiger partial charge in [-0.3, -0.25) is 0 Å². The molecule has 0 spiro atoms. The topological polar surface area (TPSA) is 40.5 Å². The van der Waals surface area contributed by atoms with E-state index in [9.17, 15) is 10.2 Å². The Morgan fingerprint density at radius 1 is 0.857 bits per heavy atom. The van der Waals surface area contributed by atoms with Crippen LogP contribution >= 0.6 is 0 Å². The van der Waals surface area contributed by atoms with Gasteiger partial charge in [0.25, 0.3) is 0 Å². The van der Waals surface area contributed by atoms with Gasteiger partial charge in [-0.15, -0.1) is 0 Å². The Labute approximate surface area is 87.3 Å². The molecule has 0 amide bonds. The van der Waals surface area contributed by atoms with E-state index < -0.39 is 12.2 Å². The van der Waals surface area contributed by atoms with Gasteiger partial charge in [0.1, 0.15) is 12.2 Å². The minimum atomic E-state index is -0.569. The van der Waals surface area contributed by atoms with Crippen LogP contribution < -0.4 is 0 Å². The van der Waals surface area contributed by atoms with Crippen LogP contribution in [0.25, 0.3) is 0 Å². The highest BCUT2D eigenvalue weighted by atomic mass is 16.3. The van der Waals surface area contributed by atoms with E-state index in [2.05, 4.69) is 18.8 Å². The smallest absolute Gasteiger partial charge is 0.114 e. The van der Waals surface area contributed by atoms with Gasteiger partial charge in [0.2, 0.25) is 0 Å². The lowest BCUT2D eigenvalue weighted by atomic mass is 10.1. The second kappa shape index (κ2) is 9.05. The van der Waals surface area contributed by atoms with Crippen molar-refractivity contribution in [2.24, 2.45) is 0 Å². The summed E-state index contributed by atoms with van der Waals surface area (Å²) in [5, 5.41) is 18.7. The third-order valence-electron chi connectivity index (χ3n) is 2.06. The molecule has 0 radical (unpaired) electrons. The zero-order valence-electron chi connectivity index (χ0n) is 9.29. The molecule has 2 N–H and O–H groups in total. The van der Waals surface area contributed by atoms with Gasteiger partial charge in [-0.05, 0) is 19.3 Å². The molecule has 2 unspecified atom stereocenters. The maximum absolute atomic E-state index is 9.41. The number of hydrogen-bond acceptors (Lipinski definition) is 2. The molecule has 82 valence electrons. The Morgan fingerprint density at radius 2 is 1.43 bits per heavy atom. The molecule has 0 aliphatic rings. The van der Waals surface area contributed by atoms with Crippen molar-refractivity contribution in [3.05, 3.63) is 0 Å². The third-order valence-corrected chi connectivity index (χ3v) is 2.06. The first-order chi connectivity index (χ1) is 6.70. The highest BCUT2D eigenvalue weighted by Crippen LogP contribution is 2.02. The molecular formula is C12H22O2. The minimum absolute atomic E-state index is 0.562. The summed E-state index contributed by atoms with van der Waals surface area (Å²) in [5.74, 6) is 5.35. The number of unbranched alkanes of at least 4 members (excludes halogenated alkanes) is 2. The highest BCUT2D eigenvalue weighted by molar-refractivity contribution is 5.08. The van der Waals surface area contributed by atoms with Crippen molar-refractivity contribution < 1.29 is 10.2 Å². The van der Waals surface area contributed by atoms with Gasteiger partial charge in [-0.2, -0.15) is 0 Å². The van der Waals surface area contributed by atoms with Crippen LogP contribution in [0.1, 0.15) is 52.4 Å². The Morgan fingerprint density at radius 3 is 1.93 bits per heavy atom. The predicted molar refractivity (Wildman–Crippen MR) is 58.8 cm³/mol. The number of rotatable bonds is 6. The molecule has 0 saturated carbocycles. The fraction of sp³-hybridized carbons (Fsp3) is 0.833. The van der Waals surface area contributed by atoms with E-state index in [4.69, 9.17) is 0 Å². The van der Waals surface area contributed by atoms with Crippen molar-refractivity contribution in [3.63, 3.8) is 0 Å². The van der Waals surface area contributed by atoms with E-state index >= 15 is 0 Å². The van der Waals surface area contributed by atoms with Crippen LogP contribution in [0.15, 0.2) is 0 Å². The maximum Gasteiger partial charge on any atom is 0.114 e. The summed E-state index contributed by atoms with van der Waals surface area (Å²) in [7, 11) is 0. The average molecular weight is 198 g/mol. The number of aliphatic hydroxyl groups is 2. The first kappa shape index (κ1) is 13.5. The largest absolute Gasteiger partial charge is 0.380 e. The molecule has 0 fully saturated rings. The summed E-state index contributed by atoms with van der Waals surface area (Å²) < 4.78 is 0. The molecular weight excluding hydrogens is 176 g/mol. The second-order valence-corrected chi connectivity index (χ2v) is 3.60. The normalized spacial score (nSPS) is 14.3. The first-order valence-corrected chi connectivity index (χ1v) is 5.57. The number of aliphatic hydroxyl groups excluding tert-OH is 2. The van der Waals surface area contributed by atoms with Gasteiger partial charge in [0.05, 0.1) is 0 Å². The van der Waals surface area contributed by atoms with Gasteiger partial charge in [-0.25, -0.2) is 0 Å². The SMILES string of the molecule is CCCCCC(O)C#CC(O)CCC. The molecule has 0 saturated heterocycles. The third kappa shape index (κ3) is 8.10. The van der Waals surface area contributed by atoms with Gasteiger partial charge in [0, 0.05) is 0 Å². The number of hydrogen-bond donors (Lipinski definition) is 2. The van der Waals surface area contributed by atoms with E-state index in [0.29, 0.717) is 6.42 Å². The maximum atomic E-state index is 9.41. The summed E-state index contributed by atoms with van der Waals surface area (Å²) in [4.78, 5) is 0. The fourth-order valence-corrected chi connectivity index (χ4v) is 1.20. The zero-order valence-corrected chi connectivity index (χ0v) is 9.29. The Balaban J connectivity index is 3.62. The van der Waals surface area contributed by atoms with Crippen LogP contribution in [0.3, 0.4) is 0 Å². The highest BCUT2D eigenvalue weighted by Gasteiger charge is 2.00. The van der Waals surface area contributed by atoms with Crippen molar-refractivity contribution in [1.82, 2.24) is 0 Å². The molecule has 0 aromatic carbocycles. The predicted octanol–water partition coefficient (Wildman–Crippen LogP) is 2.09. The monoisotopic (exact) mass is 198 g/mol. The van der Waals surface area contributed by atoms with Crippen LogP contribution in [0.5, 0.6) is 0 Å². The molecule has 14 heavy (non-hydrogen) atoms. The molecule has 2 nitrogen and oxygen atoms in total. The van der Waals surface area contributed by atoms with Gasteiger partial charge < -0.3 is 10.2 Å². The van der Waals surface area contributed by atoms with Gasteiger partial charge >= 0.3 is 0 Å². The first-order valence-electron chi connectivity index (χ1n) is 5.57. The van der Waals surface area contributed by atoms with Crippen molar-refractivity contribution in [2.45, 2.75) is 64.6 Å². The van der Waals surface area contributed by atoms with E-state index in [-0.39, 0.29) is 0 Å². The molecule has 0 aromatic rings. The summed E-state index contributed by atoms with van der Waals surface area (Å²) in [6.07, 6.45) is 4.50. The molecule has 0 heterocycles. The average Bonchev–Trinajstić information content (AvgIpc) is 2.16. The van der Waals surface area contributed by atoms with Gasteiger partial charge in [0.15, 0.2) is 0 Å². The lowest BCUT2D eigenvalue weighted by molar-refractivity contribution is 0.208. The molecule has 0 rings (SSSR count). The molecule has 0 aliphatic carbocycles. The Kier molecular flexibility index (Phi) is 8.72. The molecule has 2 atom stereocenters. The summed E-state index contributed by atoms with van der Waals surface area (Å²) in [6, 6.07) is 0. The van der Waals surface area contributed by atoms with E-state index in [1.165, 1.54) is 0 Å². The quantitative estimate of drug-likeness (QED) is 0.507. The van der Waals surface area contributed by atoms with Gasteiger partial charge in [-0.1, -0.05) is 45.0 Å². The minimum Gasteiger partial charge on any atom is -0.380 e. The fourth-order valence-electron chi connectivity index (χ4n) is 1.20. The van der Waals surface area contributed by atoms with Crippen LogP contribution in [0.2, 0.25) is 0 Å². The zero-order chi connectivity index (χ0) is 10.8. The molecule has 2 heteroatoms. The molecule has 0 aliphatic heterocycles. The van der Waals surface area contributed by atoms with E-state index in [1.54, 1.807) is 0 Å². The van der Waals surface area contributed by atoms with Crippen molar-refractivity contribution in [3.8, 4) is 11.8 Å².